The molecular weight excluding hydrogens is 262 g/mol. The van der Waals surface area contributed by atoms with Crippen LogP contribution in [0.5, 0.6) is 0 Å². The fourth-order valence-electron chi connectivity index (χ4n) is 2.91. The van der Waals surface area contributed by atoms with E-state index < -0.39 is 0 Å². The Bertz CT molecular complexity index is 475. The number of nitrogens with zero attached hydrogens (tertiary/aromatic N) is 1. The second-order valence-corrected chi connectivity index (χ2v) is 6.08. The van der Waals surface area contributed by atoms with E-state index in [2.05, 4.69) is 36.4 Å². The molecule has 4 nitrogen and oxygen atoms in total. The van der Waals surface area contributed by atoms with Crippen molar-refractivity contribution in [3.05, 3.63) is 29.8 Å². The summed E-state index contributed by atoms with van der Waals surface area (Å²) in [5.41, 5.74) is 1.68. The monoisotopic (exact) mass is 289 g/mol. The number of nitrogens with one attached hydrogen (secondary N) is 2. The number of hydrogen-bond acceptors (Lipinski definition) is 3. The molecule has 1 aromatic carbocycles. The summed E-state index contributed by atoms with van der Waals surface area (Å²) in [4.78, 5) is 14.9. The lowest BCUT2D eigenvalue weighted by atomic mass is 9.94. The van der Waals surface area contributed by atoms with Gasteiger partial charge in [0.05, 0.1) is 5.56 Å². The maximum Gasteiger partial charge on any atom is 0.253 e. The van der Waals surface area contributed by atoms with Crippen molar-refractivity contribution < 1.29 is 4.79 Å². The van der Waals surface area contributed by atoms with Crippen LogP contribution in [0.15, 0.2) is 24.3 Å². The fraction of sp³-hybridized carbons (Fsp3) is 0.588. The zero-order chi connectivity index (χ0) is 15.2. The summed E-state index contributed by atoms with van der Waals surface area (Å²) >= 11 is 0. The van der Waals surface area contributed by atoms with E-state index in [1.165, 1.54) is 0 Å². The molecule has 2 atom stereocenters. The highest BCUT2D eigenvalue weighted by molar-refractivity contribution is 5.99. The van der Waals surface area contributed by atoms with Crippen LogP contribution in [0.1, 0.15) is 37.0 Å². The van der Waals surface area contributed by atoms with Gasteiger partial charge in [-0.3, -0.25) is 4.79 Å². The lowest BCUT2D eigenvalue weighted by molar-refractivity contribution is 0.0884. The number of benzene rings is 1. The van der Waals surface area contributed by atoms with Crippen LogP contribution in [0, 0.1) is 5.92 Å². The van der Waals surface area contributed by atoms with Crippen LogP contribution >= 0.6 is 0 Å². The van der Waals surface area contributed by atoms with Crippen LogP contribution in [0.2, 0.25) is 0 Å². The van der Waals surface area contributed by atoms with Gasteiger partial charge in [-0.2, -0.15) is 0 Å². The van der Waals surface area contributed by atoms with Gasteiger partial charge >= 0.3 is 0 Å². The summed E-state index contributed by atoms with van der Waals surface area (Å²) < 4.78 is 0. The number of likely N-dealkylation sites (tertiary alicyclic amines) is 1. The number of rotatable bonds is 5. The third-order valence-electron chi connectivity index (χ3n) is 4.16. The van der Waals surface area contributed by atoms with Gasteiger partial charge < -0.3 is 15.5 Å². The summed E-state index contributed by atoms with van der Waals surface area (Å²) in [7, 11) is 2.14. The van der Waals surface area contributed by atoms with Crippen LogP contribution in [0.4, 0.5) is 5.69 Å². The highest BCUT2D eigenvalue weighted by atomic mass is 16.1. The Morgan fingerprint density at radius 2 is 2.14 bits per heavy atom. The first-order valence-corrected chi connectivity index (χ1v) is 7.94. The van der Waals surface area contributed by atoms with Crippen LogP contribution in [-0.4, -0.2) is 43.5 Å². The van der Waals surface area contributed by atoms with E-state index in [0.717, 1.165) is 43.7 Å². The van der Waals surface area contributed by atoms with Crippen molar-refractivity contribution in [1.82, 2.24) is 10.2 Å². The lowest BCUT2D eigenvalue weighted by Gasteiger charge is -2.35. The van der Waals surface area contributed by atoms with Crippen molar-refractivity contribution in [1.29, 1.82) is 0 Å². The van der Waals surface area contributed by atoms with E-state index in [1.807, 2.05) is 24.3 Å². The van der Waals surface area contributed by atoms with Crippen molar-refractivity contribution in [2.24, 2.45) is 5.92 Å². The molecule has 4 heteroatoms. The Labute approximate surface area is 127 Å². The summed E-state index contributed by atoms with van der Waals surface area (Å²) in [6.07, 6.45) is 2.07. The molecule has 116 valence electrons. The van der Waals surface area contributed by atoms with Crippen molar-refractivity contribution in [3.8, 4) is 0 Å². The van der Waals surface area contributed by atoms with Crippen molar-refractivity contribution in [2.75, 3.05) is 32.0 Å². The molecule has 1 aliphatic rings. The van der Waals surface area contributed by atoms with Gasteiger partial charge in [0.2, 0.25) is 0 Å². The Hall–Kier alpha value is -1.55. The highest BCUT2D eigenvalue weighted by Gasteiger charge is 2.26. The maximum absolute atomic E-state index is 12.6. The molecule has 1 aliphatic heterocycles. The molecular formula is C17H27N3O. The third-order valence-corrected chi connectivity index (χ3v) is 4.16. The number of anilines is 1. The van der Waals surface area contributed by atoms with Crippen LogP contribution in [-0.2, 0) is 0 Å². The van der Waals surface area contributed by atoms with Gasteiger partial charge in [-0.05, 0) is 44.5 Å². The minimum absolute atomic E-state index is 0.0376. The second-order valence-electron chi connectivity index (χ2n) is 6.08. The number of amides is 1. The molecule has 0 radical (unpaired) electrons. The van der Waals surface area contributed by atoms with Gasteiger partial charge in [-0.25, -0.2) is 0 Å². The smallest absolute Gasteiger partial charge is 0.253 e. The summed E-state index contributed by atoms with van der Waals surface area (Å²) in [6.45, 7) is 7.30. The van der Waals surface area contributed by atoms with Gasteiger partial charge in [-0.1, -0.05) is 26.0 Å². The molecule has 21 heavy (non-hydrogen) atoms. The molecule has 2 unspecified atom stereocenters. The largest absolute Gasteiger partial charge is 0.384 e. The summed E-state index contributed by atoms with van der Waals surface area (Å²) in [5.74, 6) is 0.527. The molecule has 0 aliphatic carbocycles. The minimum atomic E-state index is 0.0376. The molecule has 0 aromatic heterocycles. The number of hydrogen-bond donors (Lipinski definition) is 2. The van der Waals surface area contributed by atoms with Gasteiger partial charge in [0.15, 0.2) is 0 Å². The van der Waals surface area contributed by atoms with Crippen LogP contribution in [0.25, 0.3) is 0 Å². The quantitative estimate of drug-likeness (QED) is 0.875. The predicted molar refractivity (Wildman–Crippen MR) is 87.8 cm³/mol. The number of carbonyl (C=O) groups is 1. The number of carbonyl (C=O) groups excluding carboxylic acids is 1. The fourth-order valence-corrected chi connectivity index (χ4v) is 2.91. The molecule has 0 spiro atoms. The molecule has 0 saturated carbocycles. The average molecular weight is 289 g/mol. The zero-order valence-electron chi connectivity index (χ0n) is 13.4. The molecule has 1 aromatic rings. The van der Waals surface area contributed by atoms with E-state index in [1.54, 1.807) is 0 Å². The van der Waals surface area contributed by atoms with E-state index >= 15 is 0 Å². The SMILES string of the molecule is CCCNc1ccccc1C(=O)NC1CCN(C)CC1C. The van der Waals surface area contributed by atoms with Gasteiger partial charge in [-0.15, -0.1) is 0 Å². The molecule has 1 amide bonds. The van der Waals surface area contributed by atoms with Crippen molar-refractivity contribution in [3.63, 3.8) is 0 Å². The molecule has 0 bridgehead atoms. The molecule has 1 saturated heterocycles. The highest BCUT2D eigenvalue weighted by Crippen LogP contribution is 2.19. The van der Waals surface area contributed by atoms with Gasteiger partial charge in [0.25, 0.3) is 5.91 Å². The van der Waals surface area contributed by atoms with E-state index in [-0.39, 0.29) is 11.9 Å². The standard InChI is InChI=1S/C17H27N3O/c1-4-10-18-16-8-6-5-7-14(16)17(21)19-15-9-11-20(3)12-13(15)2/h5-8,13,15,18H,4,9-12H2,1-3H3,(H,19,21). The predicted octanol–water partition coefficient (Wildman–Crippen LogP) is 2.58. The van der Waals surface area contributed by atoms with Gasteiger partial charge in [0, 0.05) is 24.8 Å². The summed E-state index contributed by atoms with van der Waals surface area (Å²) in [6, 6.07) is 8.03. The number of piperidine rings is 1. The first kappa shape index (κ1) is 15.8. The summed E-state index contributed by atoms with van der Waals surface area (Å²) in [5, 5.41) is 6.55. The first-order valence-electron chi connectivity index (χ1n) is 7.94. The topological polar surface area (TPSA) is 44.4 Å². The van der Waals surface area contributed by atoms with Crippen LogP contribution in [0.3, 0.4) is 0 Å². The Balaban J connectivity index is 2.03. The van der Waals surface area contributed by atoms with E-state index in [0.29, 0.717) is 5.92 Å². The normalized spacial score (nSPS) is 22.8. The zero-order valence-corrected chi connectivity index (χ0v) is 13.4. The van der Waals surface area contributed by atoms with Crippen molar-refractivity contribution >= 4 is 11.6 Å². The van der Waals surface area contributed by atoms with E-state index in [9.17, 15) is 4.79 Å². The maximum atomic E-state index is 12.6. The van der Waals surface area contributed by atoms with E-state index in [4.69, 9.17) is 0 Å². The van der Waals surface area contributed by atoms with Gasteiger partial charge in [0.1, 0.15) is 0 Å². The Morgan fingerprint density at radius 3 is 2.86 bits per heavy atom. The average Bonchev–Trinajstić information content (AvgIpc) is 2.48. The molecule has 2 rings (SSSR count). The van der Waals surface area contributed by atoms with Crippen LogP contribution < -0.4 is 10.6 Å². The molecule has 2 N–H and O–H groups in total. The number of para-hydroxylation sites is 1. The second kappa shape index (κ2) is 7.46. The first-order chi connectivity index (χ1) is 10.1. The lowest BCUT2D eigenvalue weighted by Crippen LogP contribution is -2.48. The van der Waals surface area contributed by atoms with Crippen molar-refractivity contribution in [2.45, 2.75) is 32.7 Å². The third kappa shape index (κ3) is 4.21. The molecule has 1 heterocycles. The Morgan fingerprint density at radius 1 is 1.38 bits per heavy atom. The Kier molecular flexibility index (Phi) is 5.62. The molecule has 1 fully saturated rings. The minimum Gasteiger partial charge on any atom is -0.384 e.